The Labute approximate surface area is 164 Å². The van der Waals surface area contributed by atoms with Crippen LogP contribution in [0.3, 0.4) is 0 Å². The van der Waals surface area contributed by atoms with Crippen LogP contribution in [-0.2, 0) is 14.8 Å². The zero-order valence-electron chi connectivity index (χ0n) is 15.4. The molecule has 0 spiro atoms. The van der Waals surface area contributed by atoms with Crippen LogP contribution in [-0.4, -0.2) is 64.0 Å². The molecule has 0 aromatic carbocycles. The summed E-state index contributed by atoms with van der Waals surface area (Å²) in [4.78, 5) is 14.9. The smallest absolute Gasteiger partial charge is 0.250 e. The number of piperidine rings is 3. The summed E-state index contributed by atoms with van der Waals surface area (Å²) < 4.78 is 26.9. The van der Waals surface area contributed by atoms with Crippen molar-refractivity contribution >= 4 is 27.3 Å². The van der Waals surface area contributed by atoms with Crippen molar-refractivity contribution in [2.75, 3.05) is 32.7 Å². The molecule has 4 atom stereocenters. The van der Waals surface area contributed by atoms with E-state index in [9.17, 15) is 13.2 Å². The second kappa shape index (κ2) is 8.16. The fraction of sp³-hybridized carbons (Fsp3) is 0.722. The van der Waals surface area contributed by atoms with E-state index >= 15 is 0 Å². The van der Waals surface area contributed by atoms with Crippen LogP contribution in [0.2, 0.25) is 0 Å². The van der Waals surface area contributed by atoms with E-state index in [4.69, 9.17) is 0 Å². The van der Waals surface area contributed by atoms with Crippen LogP contribution in [0.15, 0.2) is 21.7 Å². The van der Waals surface area contributed by atoms with E-state index in [-0.39, 0.29) is 16.7 Å². The monoisotopic (exact) mass is 412 g/mol. The van der Waals surface area contributed by atoms with Gasteiger partial charge in [0, 0.05) is 18.6 Å². The molecule has 3 fully saturated rings. The summed E-state index contributed by atoms with van der Waals surface area (Å²) in [5.74, 6) is 1.02. The highest BCUT2D eigenvalue weighted by molar-refractivity contribution is 7.91. The maximum absolute atomic E-state index is 12.3. The van der Waals surface area contributed by atoms with Gasteiger partial charge in [0.05, 0.1) is 6.54 Å². The molecule has 4 heterocycles. The molecule has 1 amide bonds. The fourth-order valence-corrected chi connectivity index (χ4v) is 7.00. The lowest BCUT2D eigenvalue weighted by Crippen LogP contribution is -2.65. The van der Waals surface area contributed by atoms with Gasteiger partial charge in [0.2, 0.25) is 5.91 Å². The van der Waals surface area contributed by atoms with Gasteiger partial charge in [-0.05, 0) is 62.2 Å². The van der Waals surface area contributed by atoms with E-state index in [0.717, 1.165) is 36.9 Å². The van der Waals surface area contributed by atoms with Gasteiger partial charge in [-0.1, -0.05) is 12.5 Å². The number of nitrogens with one attached hydrogen (secondary N) is 3. The SMILES string of the molecule is O=C(CNS(=O)(=O)c1cccs1)NC[C@H]1[C@@H]2CNC[C@@H](C2)[C@@H]2CCCCN21. The Bertz CT molecular complexity index is 753. The molecule has 27 heavy (non-hydrogen) atoms. The van der Waals surface area contributed by atoms with Crippen LogP contribution in [0.25, 0.3) is 0 Å². The number of sulfonamides is 1. The van der Waals surface area contributed by atoms with Crippen LogP contribution < -0.4 is 15.4 Å². The van der Waals surface area contributed by atoms with Crippen LogP contribution in [0.1, 0.15) is 25.7 Å². The molecule has 4 rings (SSSR count). The van der Waals surface area contributed by atoms with E-state index < -0.39 is 10.0 Å². The summed E-state index contributed by atoms with van der Waals surface area (Å²) in [6.07, 6.45) is 5.02. The van der Waals surface area contributed by atoms with E-state index in [1.54, 1.807) is 11.4 Å². The van der Waals surface area contributed by atoms with Crippen molar-refractivity contribution in [2.45, 2.75) is 42.0 Å². The second-order valence-electron chi connectivity index (χ2n) is 7.84. The summed E-state index contributed by atoms with van der Waals surface area (Å²) in [6, 6.07) is 4.19. The lowest BCUT2D eigenvalue weighted by molar-refractivity contribution is -0.121. The van der Waals surface area contributed by atoms with Gasteiger partial charge in [0.25, 0.3) is 10.0 Å². The van der Waals surface area contributed by atoms with E-state index in [1.807, 2.05) is 0 Å². The Morgan fingerprint density at radius 2 is 2.15 bits per heavy atom. The van der Waals surface area contributed by atoms with Crippen molar-refractivity contribution in [2.24, 2.45) is 11.8 Å². The molecule has 0 aliphatic carbocycles. The number of hydrogen-bond donors (Lipinski definition) is 3. The summed E-state index contributed by atoms with van der Waals surface area (Å²) in [5.41, 5.74) is 0. The third kappa shape index (κ3) is 4.22. The molecule has 1 aromatic heterocycles. The zero-order chi connectivity index (χ0) is 18.9. The largest absolute Gasteiger partial charge is 0.353 e. The molecule has 7 nitrogen and oxygen atoms in total. The van der Waals surface area contributed by atoms with Gasteiger partial charge in [0.15, 0.2) is 0 Å². The van der Waals surface area contributed by atoms with Crippen LogP contribution in [0.4, 0.5) is 0 Å². The van der Waals surface area contributed by atoms with Crippen LogP contribution >= 0.6 is 11.3 Å². The third-order valence-electron chi connectivity index (χ3n) is 6.22. The quantitative estimate of drug-likeness (QED) is 0.637. The molecular weight excluding hydrogens is 384 g/mol. The minimum Gasteiger partial charge on any atom is -0.353 e. The average molecular weight is 413 g/mol. The van der Waals surface area contributed by atoms with Crippen molar-refractivity contribution in [3.05, 3.63) is 17.5 Å². The minimum absolute atomic E-state index is 0.220. The Balaban J connectivity index is 1.32. The van der Waals surface area contributed by atoms with Crippen molar-refractivity contribution in [3.63, 3.8) is 0 Å². The first-order chi connectivity index (χ1) is 13.0. The molecule has 1 aromatic rings. The Morgan fingerprint density at radius 1 is 1.30 bits per heavy atom. The fourth-order valence-electron chi connectivity index (χ4n) is 4.98. The number of nitrogens with zero attached hydrogens (tertiary/aromatic N) is 1. The number of thiophene rings is 1. The molecule has 3 aliphatic rings. The molecule has 9 heteroatoms. The lowest BCUT2D eigenvalue weighted by atomic mass is 9.73. The highest BCUT2D eigenvalue weighted by Gasteiger charge is 2.45. The summed E-state index contributed by atoms with van der Waals surface area (Å²) in [5, 5.41) is 8.25. The summed E-state index contributed by atoms with van der Waals surface area (Å²) >= 11 is 1.14. The van der Waals surface area contributed by atoms with E-state index in [2.05, 4.69) is 20.3 Å². The van der Waals surface area contributed by atoms with Crippen molar-refractivity contribution in [3.8, 4) is 0 Å². The van der Waals surface area contributed by atoms with Crippen LogP contribution in [0, 0.1) is 11.8 Å². The van der Waals surface area contributed by atoms with Gasteiger partial charge in [0.1, 0.15) is 4.21 Å². The maximum Gasteiger partial charge on any atom is 0.250 e. The number of fused-ring (bicyclic) bond motifs is 4. The topological polar surface area (TPSA) is 90.5 Å². The predicted molar refractivity (Wildman–Crippen MR) is 105 cm³/mol. The van der Waals surface area contributed by atoms with Gasteiger partial charge in [-0.2, -0.15) is 0 Å². The first kappa shape index (κ1) is 19.3. The molecular formula is C18H28N4O3S2. The van der Waals surface area contributed by atoms with Crippen LogP contribution in [0.5, 0.6) is 0 Å². The van der Waals surface area contributed by atoms with Gasteiger partial charge in [-0.25, -0.2) is 13.1 Å². The van der Waals surface area contributed by atoms with E-state index in [0.29, 0.717) is 24.5 Å². The standard InChI is InChI=1S/C18H28N4O3S2/c23-17(12-21-27(24,25)18-5-3-7-26-18)20-11-16-14-8-13(9-19-10-14)15-4-1-2-6-22(15)16/h3,5,7,13-16,19,21H,1-2,4,6,8-12H2,(H,20,23)/t13-,14+,15+,16+/m1/s1. The average Bonchev–Trinajstić information content (AvgIpc) is 3.23. The van der Waals surface area contributed by atoms with Gasteiger partial charge in [-0.15, -0.1) is 11.3 Å². The van der Waals surface area contributed by atoms with Gasteiger partial charge < -0.3 is 10.6 Å². The normalized spacial score (nSPS) is 31.3. The second-order valence-corrected chi connectivity index (χ2v) is 10.8. The highest BCUT2D eigenvalue weighted by Crippen LogP contribution is 2.38. The number of amides is 1. The molecule has 0 unspecified atom stereocenters. The minimum atomic E-state index is -3.60. The molecule has 0 saturated carbocycles. The Kier molecular flexibility index (Phi) is 5.84. The third-order valence-corrected chi connectivity index (χ3v) is 9.01. The van der Waals surface area contributed by atoms with Gasteiger partial charge in [-0.3, -0.25) is 9.69 Å². The predicted octanol–water partition coefficient (Wildman–Crippen LogP) is 0.605. The molecule has 2 bridgehead atoms. The Hall–Kier alpha value is -1.00. The lowest BCUT2D eigenvalue weighted by Gasteiger charge is -2.55. The number of hydrogen-bond acceptors (Lipinski definition) is 6. The number of carbonyl (C=O) groups is 1. The van der Waals surface area contributed by atoms with Gasteiger partial charge >= 0.3 is 0 Å². The molecule has 150 valence electrons. The first-order valence-electron chi connectivity index (χ1n) is 9.81. The van der Waals surface area contributed by atoms with Crippen molar-refractivity contribution < 1.29 is 13.2 Å². The molecule has 3 N–H and O–H groups in total. The number of rotatable bonds is 6. The Morgan fingerprint density at radius 3 is 2.96 bits per heavy atom. The van der Waals surface area contributed by atoms with Crippen molar-refractivity contribution in [1.29, 1.82) is 0 Å². The molecule has 3 saturated heterocycles. The zero-order valence-corrected chi connectivity index (χ0v) is 17.0. The maximum atomic E-state index is 12.3. The highest BCUT2D eigenvalue weighted by atomic mass is 32.2. The molecule has 3 aliphatic heterocycles. The van der Waals surface area contributed by atoms with Crippen molar-refractivity contribution in [1.82, 2.24) is 20.3 Å². The van der Waals surface area contributed by atoms with E-state index in [1.165, 1.54) is 31.7 Å². The summed E-state index contributed by atoms with van der Waals surface area (Å²) in [6.45, 7) is 3.60. The number of carbonyl (C=O) groups excluding carboxylic acids is 1. The first-order valence-corrected chi connectivity index (χ1v) is 12.2. The summed E-state index contributed by atoms with van der Waals surface area (Å²) in [7, 11) is -3.60. The molecule has 0 radical (unpaired) electrons.